The zero-order chi connectivity index (χ0) is 22.5. The van der Waals surface area contributed by atoms with Crippen LogP contribution in [-0.2, 0) is 16.0 Å². The second kappa shape index (κ2) is 10.1. The zero-order valence-corrected chi connectivity index (χ0v) is 16.4. The highest BCUT2D eigenvalue weighted by Gasteiger charge is 2.44. The SMILES string of the molecule is CCOC(=O)C(Cc1ccc(Cl)c(OC(F)(F)C(F)F)c1)C(O)c1ccc(F)cc1. The highest BCUT2D eigenvalue weighted by molar-refractivity contribution is 6.32. The molecule has 2 aromatic rings. The molecule has 1 N–H and O–H groups in total. The van der Waals surface area contributed by atoms with E-state index in [1.165, 1.54) is 18.2 Å². The van der Waals surface area contributed by atoms with Crippen molar-refractivity contribution in [2.24, 2.45) is 5.92 Å². The Balaban J connectivity index is 2.32. The topological polar surface area (TPSA) is 55.8 Å². The number of rotatable bonds is 9. The number of carbonyl (C=O) groups is 1. The van der Waals surface area contributed by atoms with Crippen molar-refractivity contribution in [3.05, 3.63) is 64.4 Å². The summed E-state index contributed by atoms with van der Waals surface area (Å²) in [4.78, 5) is 12.4. The van der Waals surface area contributed by atoms with Crippen LogP contribution in [0.2, 0.25) is 5.02 Å². The van der Waals surface area contributed by atoms with Gasteiger partial charge in [-0.25, -0.2) is 4.39 Å². The maximum atomic E-state index is 13.2. The number of hydrogen-bond donors (Lipinski definition) is 1. The molecule has 10 heteroatoms. The Kier molecular flexibility index (Phi) is 8.03. The molecule has 0 aliphatic rings. The van der Waals surface area contributed by atoms with Gasteiger partial charge >= 0.3 is 18.5 Å². The van der Waals surface area contributed by atoms with E-state index < -0.39 is 42.1 Å². The van der Waals surface area contributed by atoms with Crippen molar-refractivity contribution in [2.75, 3.05) is 6.61 Å². The van der Waals surface area contributed by atoms with Crippen molar-refractivity contribution in [1.29, 1.82) is 0 Å². The van der Waals surface area contributed by atoms with Gasteiger partial charge in [-0.3, -0.25) is 4.79 Å². The van der Waals surface area contributed by atoms with Gasteiger partial charge in [0.05, 0.1) is 23.7 Å². The van der Waals surface area contributed by atoms with Crippen LogP contribution in [0, 0.1) is 11.7 Å². The van der Waals surface area contributed by atoms with E-state index in [1.807, 2.05) is 0 Å². The average Bonchev–Trinajstić information content (AvgIpc) is 2.68. The molecule has 2 aromatic carbocycles. The van der Waals surface area contributed by atoms with Gasteiger partial charge in [-0.05, 0) is 48.7 Å². The minimum absolute atomic E-state index is 0.0149. The van der Waals surface area contributed by atoms with Crippen LogP contribution >= 0.6 is 11.6 Å². The Morgan fingerprint density at radius 3 is 2.37 bits per heavy atom. The van der Waals surface area contributed by atoms with Crippen molar-refractivity contribution in [2.45, 2.75) is 32.0 Å². The maximum Gasteiger partial charge on any atom is 0.461 e. The molecule has 30 heavy (non-hydrogen) atoms. The Bertz CT molecular complexity index is 861. The highest BCUT2D eigenvalue weighted by Crippen LogP contribution is 2.35. The van der Waals surface area contributed by atoms with Crippen molar-refractivity contribution >= 4 is 17.6 Å². The van der Waals surface area contributed by atoms with E-state index in [2.05, 4.69) is 4.74 Å². The molecule has 0 radical (unpaired) electrons. The number of ether oxygens (including phenoxy) is 2. The largest absolute Gasteiger partial charge is 0.466 e. The number of esters is 1. The predicted molar refractivity (Wildman–Crippen MR) is 98.2 cm³/mol. The van der Waals surface area contributed by atoms with E-state index >= 15 is 0 Å². The molecule has 2 rings (SSSR count). The third kappa shape index (κ3) is 6.06. The van der Waals surface area contributed by atoms with Gasteiger partial charge < -0.3 is 14.6 Å². The Morgan fingerprint density at radius 2 is 1.80 bits per heavy atom. The van der Waals surface area contributed by atoms with Gasteiger partial charge in [-0.2, -0.15) is 17.6 Å². The zero-order valence-electron chi connectivity index (χ0n) is 15.6. The molecule has 2 unspecified atom stereocenters. The molecule has 0 spiro atoms. The molecular weight excluding hydrogens is 435 g/mol. The summed E-state index contributed by atoms with van der Waals surface area (Å²) in [6.07, 6.45) is -10.5. The number of hydrogen-bond acceptors (Lipinski definition) is 4. The first-order valence-corrected chi connectivity index (χ1v) is 9.16. The van der Waals surface area contributed by atoms with E-state index in [0.29, 0.717) is 0 Å². The van der Waals surface area contributed by atoms with Gasteiger partial charge in [0.2, 0.25) is 0 Å². The summed E-state index contributed by atoms with van der Waals surface area (Å²) in [7, 11) is 0. The summed E-state index contributed by atoms with van der Waals surface area (Å²) >= 11 is 5.75. The fourth-order valence-electron chi connectivity index (χ4n) is 2.66. The maximum absolute atomic E-state index is 13.2. The van der Waals surface area contributed by atoms with Crippen molar-refractivity contribution in [1.82, 2.24) is 0 Å². The Morgan fingerprint density at radius 1 is 1.17 bits per heavy atom. The summed E-state index contributed by atoms with van der Waals surface area (Å²) < 4.78 is 73.5. The number of aliphatic hydroxyl groups is 1. The van der Waals surface area contributed by atoms with Crippen LogP contribution in [0.4, 0.5) is 22.0 Å². The predicted octanol–water partition coefficient (Wildman–Crippen LogP) is 5.17. The van der Waals surface area contributed by atoms with Gasteiger partial charge in [0.1, 0.15) is 11.6 Å². The van der Waals surface area contributed by atoms with E-state index in [9.17, 15) is 31.9 Å². The molecule has 0 amide bonds. The van der Waals surface area contributed by atoms with Crippen LogP contribution in [-0.4, -0.2) is 30.2 Å². The van der Waals surface area contributed by atoms with Crippen molar-refractivity contribution < 1.29 is 41.3 Å². The number of carbonyl (C=O) groups excluding carboxylic acids is 1. The molecule has 0 bridgehead atoms. The molecule has 164 valence electrons. The van der Waals surface area contributed by atoms with Gasteiger partial charge in [0.15, 0.2) is 0 Å². The third-order valence-electron chi connectivity index (χ3n) is 4.13. The van der Waals surface area contributed by atoms with E-state index in [0.717, 1.165) is 24.3 Å². The lowest BCUT2D eigenvalue weighted by Gasteiger charge is -2.23. The van der Waals surface area contributed by atoms with Crippen LogP contribution in [0.25, 0.3) is 0 Å². The second-order valence-corrected chi connectivity index (χ2v) is 6.70. The van der Waals surface area contributed by atoms with Crippen molar-refractivity contribution in [3.8, 4) is 5.75 Å². The molecule has 0 heterocycles. The normalized spacial score (nSPS) is 13.8. The monoisotopic (exact) mass is 452 g/mol. The molecule has 2 atom stereocenters. The first-order chi connectivity index (χ1) is 14.0. The summed E-state index contributed by atoms with van der Waals surface area (Å²) in [6, 6.07) is 8.24. The molecule has 0 aromatic heterocycles. The van der Waals surface area contributed by atoms with Gasteiger partial charge in [-0.15, -0.1) is 0 Å². The summed E-state index contributed by atoms with van der Waals surface area (Å²) in [5.74, 6) is -3.24. The minimum Gasteiger partial charge on any atom is -0.466 e. The number of aliphatic hydroxyl groups excluding tert-OH is 1. The lowest BCUT2D eigenvalue weighted by molar-refractivity contribution is -0.253. The fourth-order valence-corrected chi connectivity index (χ4v) is 2.82. The average molecular weight is 453 g/mol. The van der Waals surface area contributed by atoms with E-state index in [1.54, 1.807) is 6.92 Å². The Hall–Kier alpha value is -2.39. The van der Waals surface area contributed by atoms with Crippen LogP contribution < -0.4 is 4.74 Å². The quantitative estimate of drug-likeness (QED) is 0.421. The number of halogens is 6. The molecule has 0 aliphatic heterocycles. The summed E-state index contributed by atoms with van der Waals surface area (Å²) in [5, 5.41) is 10.3. The summed E-state index contributed by atoms with van der Waals surface area (Å²) in [6.45, 7) is 1.57. The number of alkyl halides is 4. The lowest BCUT2D eigenvalue weighted by Crippen LogP contribution is -2.33. The first kappa shape index (κ1) is 23.9. The first-order valence-electron chi connectivity index (χ1n) is 8.78. The molecular formula is C20H18ClF5O4. The van der Waals surface area contributed by atoms with Crippen LogP contribution in [0.1, 0.15) is 24.2 Å². The van der Waals surface area contributed by atoms with Gasteiger partial charge in [0, 0.05) is 0 Å². The van der Waals surface area contributed by atoms with Gasteiger partial charge in [0.25, 0.3) is 0 Å². The van der Waals surface area contributed by atoms with E-state index in [4.69, 9.17) is 16.3 Å². The standard InChI is InChI=1S/C20H18ClF5O4/c1-2-29-18(28)14(17(27)12-4-6-13(22)7-5-12)9-11-3-8-15(21)16(10-11)30-20(25,26)19(23)24/h3-8,10,14,17,19,27H,2,9H2,1H3. The van der Waals surface area contributed by atoms with Crippen LogP contribution in [0.5, 0.6) is 5.75 Å². The fraction of sp³-hybridized carbons (Fsp3) is 0.350. The Labute approximate surface area is 174 Å². The van der Waals surface area contributed by atoms with Gasteiger partial charge in [-0.1, -0.05) is 29.8 Å². The molecule has 0 saturated carbocycles. The van der Waals surface area contributed by atoms with E-state index in [-0.39, 0.29) is 29.2 Å². The van der Waals surface area contributed by atoms with Crippen molar-refractivity contribution in [3.63, 3.8) is 0 Å². The molecule has 0 saturated heterocycles. The third-order valence-corrected chi connectivity index (χ3v) is 4.45. The minimum atomic E-state index is -4.77. The molecule has 0 fully saturated rings. The van der Waals surface area contributed by atoms with Crippen LogP contribution in [0.3, 0.4) is 0 Å². The van der Waals surface area contributed by atoms with Crippen LogP contribution in [0.15, 0.2) is 42.5 Å². The summed E-state index contributed by atoms with van der Waals surface area (Å²) in [5.41, 5.74) is 0.419. The highest BCUT2D eigenvalue weighted by atomic mass is 35.5. The smallest absolute Gasteiger partial charge is 0.461 e. The lowest BCUT2D eigenvalue weighted by atomic mass is 9.89. The molecule has 4 nitrogen and oxygen atoms in total. The molecule has 0 aliphatic carbocycles. The number of benzene rings is 2. The second-order valence-electron chi connectivity index (χ2n) is 6.29.